The van der Waals surface area contributed by atoms with Gasteiger partial charge in [-0.2, -0.15) is 0 Å². The zero-order valence-electron chi connectivity index (χ0n) is 19.6. The topological polar surface area (TPSA) is 251 Å². The van der Waals surface area contributed by atoms with Crippen molar-refractivity contribution in [2.75, 3.05) is 19.7 Å². The SMILES string of the molecule is NC(N)=NCCCC(NC(=O)C(N)Cc1c[nH]c2ccccc12)C(=O)NCC(=O)NC(CO)C(=O)O. The lowest BCUT2D eigenvalue weighted by atomic mass is 10.0. The first-order valence-corrected chi connectivity index (χ1v) is 11.2. The number of H-pyrrole nitrogens is 1. The zero-order valence-corrected chi connectivity index (χ0v) is 19.6. The van der Waals surface area contributed by atoms with Crippen LogP contribution in [0.2, 0.25) is 0 Å². The fraction of sp³-hybridized carbons (Fsp3) is 0.409. The minimum Gasteiger partial charge on any atom is -0.480 e. The minimum atomic E-state index is -1.51. The minimum absolute atomic E-state index is 0.116. The molecule has 0 aliphatic carbocycles. The number of benzene rings is 1. The smallest absolute Gasteiger partial charge is 0.328 e. The van der Waals surface area contributed by atoms with Crippen LogP contribution in [0, 0.1) is 0 Å². The van der Waals surface area contributed by atoms with Crippen LogP contribution in [0.1, 0.15) is 18.4 Å². The molecular formula is C22H32N8O6. The summed E-state index contributed by atoms with van der Waals surface area (Å²) in [6.07, 6.45) is 2.47. The van der Waals surface area contributed by atoms with Crippen molar-refractivity contribution in [1.29, 1.82) is 0 Å². The molecule has 196 valence electrons. The monoisotopic (exact) mass is 504 g/mol. The second-order valence-corrected chi connectivity index (χ2v) is 8.04. The van der Waals surface area contributed by atoms with E-state index in [0.29, 0.717) is 6.42 Å². The Labute approximate surface area is 206 Å². The number of carbonyl (C=O) groups excluding carboxylic acids is 3. The van der Waals surface area contributed by atoms with Crippen LogP contribution in [0.25, 0.3) is 10.9 Å². The molecule has 36 heavy (non-hydrogen) atoms. The van der Waals surface area contributed by atoms with Crippen molar-refractivity contribution in [3.05, 3.63) is 36.0 Å². The van der Waals surface area contributed by atoms with Gasteiger partial charge in [-0.05, 0) is 30.9 Å². The van der Waals surface area contributed by atoms with Crippen LogP contribution in [0.3, 0.4) is 0 Å². The van der Waals surface area contributed by atoms with E-state index in [9.17, 15) is 19.2 Å². The lowest BCUT2D eigenvalue weighted by Gasteiger charge is -2.21. The van der Waals surface area contributed by atoms with Gasteiger partial charge in [0.15, 0.2) is 5.96 Å². The number of nitrogens with zero attached hydrogens (tertiary/aromatic N) is 1. The number of guanidine groups is 1. The third-order valence-electron chi connectivity index (χ3n) is 5.27. The number of hydrogen-bond donors (Lipinski definition) is 9. The van der Waals surface area contributed by atoms with E-state index in [1.165, 1.54) is 0 Å². The fourth-order valence-corrected chi connectivity index (χ4v) is 3.40. The Bertz CT molecular complexity index is 1100. The summed E-state index contributed by atoms with van der Waals surface area (Å²) < 4.78 is 0. The highest BCUT2D eigenvalue weighted by Gasteiger charge is 2.25. The standard InChI is InChI=1S/C22H32N8O6/c23-14(8-12-9-27-15-5-2-1-4-13(12)15)19(33)30-16(6-3-7-26-22(24)25)20(34)28-10-18(32)29-17(11-31)21(35)36/h1-2,4-5,9,14,16-17,27,31H,3,6-8,10-11,23H2,(H,28,34)(H,29,32)(H,30,33)(H,35,36)(H4,24,25,26). The Hall–Kier alpha value is -4.17. The van der Waals surface area contributed by atoms with Gasteiger partial charge in [0.2, 0.25) is 17.7 Å². The number of aliphatic hydroxyl groups is 1. The van der Waals surface area contributed by atoms with Crippen LogP contribution in [0.15, 0.2) is 35.5 Å². The van der Waals surface area contributed by atoms with Crippen molar-refractivity contribution in [3.8, 4) is 0 Å². The third-order valence-corrected chi connectivity index (χ3v) is 5.27. The molecule has 3 unspecified atom stereocenters. The van der Waals surface area contributed by atoms with Crippen LogP contribution >= 0.6 is 0 Å². The van der Waals surface area contributed by atoms with E-state index in [1.54, 1.807) is 6.20 Å². The summed E-state index contributed by atoms with van der Waals surface area (Å²) in [5.41, 5.74) is 18.5. The number of aliphatic carboxylic acids is 1. The quantitative estimate of drug-likeness (QED) is 0.0733. The number of aliphatic hydroxyl groups excluding tert-OH is 1. The molecular weight excluding hydrogens is 472 g/mol. The van der Waals surface area contributed by atoms with Gasteiger partial charge in [-0.3, -0.25) is 19.4 Å². The molecule has 3 atom stereocenters. The molecule has 2 rings (SSSR count). The number of para-hydroxylation sites is 1. The number of aliphatic imine (C=N–C) groups is 1. The predicted octanol–water partition coefficient (Wildman–Crippen LogP) is -2.75. The van der Waals surface area contributed by atoms with Crippen molar-refractivity contribution in [2.45, 2.75) is 37.4 Å². The van der Waals surface area contributed by atoms with Gasteiger partial charge in [0.25, 0.3) is 0 Å². The summed E-state index contributed by atoms with van der Waals surface area (Å²) in [7, 11) is 0. The summed E-state index contributed by atoms with van der Waals surface area (Å²) in [5, 5.41) is 25.8. The third kappa shape index (κ3) is 8.56. The number of carbonyl (C=O) groups is 4. The first-order valence-electron chi connectivity index (χ1n) is 11.2. The van der Waals surface area contributed by atoms with E-state index < -0.39 is 55.0 Å². The van der Waals surface area contributed by atoms with Gasteiger partial charge in [-0.15, -0.1) is 0 Å². The fourth-order valence-electron chi connectivity index (χ4n) is 3.40. The van der Waals surface area contributed by atoms with Crippen LogP contribution in [-0.2, 0) is 25.6 Å². The number of nitrogens with one attached hydrogen (secondary N) is 4. The molecule has 0 aliphatic heterocycles. The van der Waals surface area contributed by atoms with Gasteiger partial charge in [0.1, 0.15) is 12.1 Å². The number of aromatic nitrogens is 1. The number of amides is 3. The average molecular weight is 505 g/mol. The van der Waals surface area contributed by atoms with Crippen molar-refractivity contribution in [1.82, 2.24) is 20.9 Å². The van der Waals surface area contributed by atoms with Crippen molar-refractivity contribution in [3.63, 3.8) is 0 Å². The molecule has 1 aromatic heterocycles. The molecule has 0 spiro atoms. The molecule has 1 aromatic carbocycles. The van der Waals surface area contributed by atoms with E-state index in [-0.39, 0.29) is 25.3 Å². The molecule has 0 saturated heterocycles. The number of nitrogens with two attached hydrogens (primary N) is 3. The van der Waals surface area contributed by atoms with Gasteiger partial charge in [-0.25, -0.2) is 4.79 Å². The molecule has 0 radical (unpaired) electrons. The van der Waals surface area contributed by atoms with E-state index in [1.807, 2.05) is 24.3 Å². The van der Waals surface area contributed by atoms with Gasteiger partial charge in [-0.1, -0.05) is 18.2 Å². The lowest BCUT2D eigenvalue weighted by molar-refractivity contribution is -0.142. The number of aromatic amines is 1. The lowest BCUT2D eigenvalue weighted by Crippen LogP contribution is -2.54. The van der Waals surface area contributed by atoms with E-state index in [2.05, 4.69) is 25.9 Å². The van der Waals surface area contributed by atoms with Crippen molar-refractivity contribution < 1.29 is 29.4 Å². The van der Waals surface area contributed by atoms with Gasteiger partial charge < -0.3 is 48.3 Å². The van der Waals surface area contributed by atoms with Gasteiger partial charge in [0.05, 0.1) is 19.2 Å². The summed E-state index contributed by atoms with van der Waals surface area (Å²) in [4.78, 5) is 55.3. The molecule has 1 heterocycles. The number of fused-ring (bicyclic) bond motifs is 1. The van der Waals surface area contributed by atoms with Crippen LogP contribution in [0.4, 0.5) is 0 Å². The number of rotatable bonds is 14. The number of carboxylic acids is 1. The summed E-state index contributed by atoms with van der Waals surface area (Å²) in [6.45, 7) is -1.17. The maximum atomic E-state index is 12.8. The molecule has 14 nitrogen and oxygen atoms in total. The maximum Gasteiger partial charge on any atom is 0.328 e. The zero-order chi connectivity index (χ0) is 26.7. The largest absolute Gasteiger partial charge is 0.480 e. The van der Waals surface area contributed by atoms with Gasteiger partial charge >= 0.3 is 5.97 Å². The normalized spacial score (nSPS) is 13.3. The first kappa shape index (κ1) is 28.1. The molecule has 3 amide bonds. The molecule has 2 aromatic rings. The number of hydrogen-bond acceptors (Lipinski definition) is 7. The van der Waals surface area contributed by atoms with Crippen molar-refractivity contribution in [2.24, 2.45) is 22.2 Å². The summed E-state index contributed by atoms with van der Waals surface area (Å²) >= 11 is 0. The Morgan fingerprint density at radius 2 is 1.78 bits per heavy atom. The Kier molecular flexibility index (Phi) is 10.6. The molecule has 12 N–H and O–H groups in total. The molecule has 0 bridgehead atoms. The molecule has 14 heteroatoms. The molecule has 0 saturated carbocycles. The van der Waals surface area contributed by atoms with Crippen LogP contribution in [0.5, 0.6) is 0 Å². The maximum absolute atomic E-state index is 12.8. The van der Waals surface area contributed by atoms with Gasteiger partial charge in [0, 0.05) is 23.6 Å². The Morgan fingerprint density at radius 3 is 2.44 bits per heavy atom. The second-order valence-electron chi connectivity index (χ2n) is 8.04. The van der Waals surface area contributed by atoms with E-state index in [4.69, 9.17) is 27.4 Å². The van der Waals surface area contributed by atoms with E-state index >= 15 is 0 Å². The van der Waals surface area contributed by atoms with Crippen LogP contribution < -0.4 is 33.2 Å². The first-order chi connectivity index (χ1) is 17.1. The second kappa shape index (κ2) is 13.7. The van der Waals surface area contributed by atoms with Crippen molar-refractivity contribution >= 4 is 40.6 Å². The average Bonchev–Trinajstić information content (AvgIpc) is 3.25. The Balaban J connectivity index is 2.00. The summed E-state index contributed by atoms with van der Waals surface area (Å²) in [6, 6.07) is 4.04. The van der Waals surface area contributed by atoms with E-state index in [0.717, 1.165) is 16.5 Å². The highest BCUT2D eigenvalue weighted by Crippen LogP contribution is 2.18. The summed E-state index contributed by atoms with van der Waals surface area (Å²) in [5.74, 6) is -3.62. The highest BCUT2D eigenvalue weighted by molar-refractivity contribution is 5.93. The Morgan fingerprint density at radius 1 is 1.06 bits per heavy atom. The highest BCUT2D eigenvalue weighted by atomic mass is 16.4. The molecule has 0 fully saturated rings. The van der Waals surface area contributed by atoms with Crippen LogP contribution in [-0.4, -0.2) is 82.7 Å². The molecule has 0 aliphatic rings. The number of carboxylic acid groups (broad SMARTS) is 1. The predicted molar refractivity (Wildman–Crippen MR) is 131 cm³/mol.